The van der Waals surface area contributed by atoms with Crippen molar-refractivity contribution in [3.63, 3.8) is 0 Å². The molecule has 1 rings (SSSR count). The van der Waals surface area contributed by atoms with E-state index < -0.39 is 0 Å². The van der Waals surface area contributed by atoms with Gasteiger partial charge < -0.3 is 15.7 Å². The smallest absolute Gasteiger partial charge is 0.225 e. The molecule has 21 heavy (non-hydrogen) atoms. The number of nitrogens with one attached hydrogen (secondary N) is 2. The van der Waals surface area contributed by atoms with E-state index in [1.54, 1.807) is 6.07 Å². The van der Waals surface area contributed by atoms with Gasteiger partial charge in [0.25, 0.3) is 0 Å². The fraction of sp³-hybridized carbons (Fsp3) is 0.562. The summed E-state index contributed by atoms with van der Waals surface area (Å²) in [6, 6.07) is 5.67. The van der Waals surface area contributed by atoms with Crippen LogP contribution >= 0.6 is 11.6 Å². The molecule has 118 valence electrons. The molecule has 0 aliphatic rings. The third-order valence-corrected chi connectivity index (χ3v) is 4.04. The Morgan fingerprint density at radius 3 is 2.57 bits per heavy atom. The van der Waals surface area contributed by atoms with Gasteiger partial charge in [0.15, 0.2) is 0 Å². The standard InChI is InChI=1S/C16H25ClN2O2/c1-10-5-6-14(8-15(10)17)19-16(21)7-12(3)18-13(4)11(2)9-20/h5-6,8,11-13,18,20H,7,9H2,1-4H3,(H,19,21). The highest BCUT2D eigenvalue weighted by molar-refractivity contribution is 6.31. The molecule has 0 saturated carbocycles. The predicted molar refractivity (Wildman–Crippen MR) is 87.7 cm³/mol. The maximum absolute atomic E-state index is 12.0. The summed E-state index contributed by atoms with van der Waals surface area (Å²) in [5.74, 6) is 0.102. The molecule has 0 bridgehead atoms. The summed E-state index contributed by atoms with van der Waals surface area (Å²) < 4.78 is 0. The summed E-state index contributed by atoms with van der Waals surface area (Å²) in [5, 5.41) is 15.9. The summed E-state index contributed by atoms with van der Waals surface area (Å²) in [7, 11) is 0. The van der Waals surface area contributed by atoms with E-state index in [4.69, 9.17) is 16.7 Å². The molecule has 3 N–H and O–H groups in total. The SMILES string of the molecule is Cc1ccc(NC(=O)CC(C)NC(C)C(C)CO)cc1Cl. The molecule has 1 aromatic carbocycles. The third kappa shape index (κ3) is 6.04. The van der Waals surface area contributed by atoms with Gasteiger partial charge in [-0.15, -0.1) is 0 Å². The lowest BCUT2D eigenvalue weighted by molar-refractivity contribution is -0.116. The van der Waals surface area contributed by atoms with Gasteiger partial charge in [0.05, 0.1) is 0 Å². The lowest BCUT2D eigenvalue weighted by atomic mass is 10.0. The normalized spacial score (nSPS) is 15.3. The lowest BCUT2D eigenvalue weighted by Crippen LogP contribution is -2.41. The van der Waals surface area contributed by atoms with E-state index in [9.17, 15) is 4.79 Å². The number of halogens is 1. The minimum atomic E-state index is -0.0567. The average Bonchev–Trinajstić information content (AvgIpc) is 2.41. The number of aliphatic hydroxyl groups is 1. The first kappa shape index (κ1) is 18.0. The van der Waals surface area contributed by atoms with Crippen molar-refractivity contribution >= 4 is 23.2 Å². The first-order valence-electron chi connectivity index (χ1n) is 7.26. The molecule has 0 fully saturated rings. The third-order valence-electron chi connectivity index (χ3n) is 3.64. The van der Waals surface area contributed by atoms with Crippen LogP contribution in [0.5, 0.6) is 0 Å². The van der Waals surface area contributed by atoms with Crippen LogP contribution in [-0.4, -0.2) is 29.7 Å². The fourth-order valence-corrected chi connectivity index (χ4v) is 2.17. The number of rotatable bonds is 7. The second kappa shape index (κ2) is 8.37. The number of carbonyl (C=O) groups excluding carboxylic acids is 1. The van der Waals surface area contributed by atoms with Gasteiger partial charge in [-0.05, 0) is 44.4 Å². The zero-order valence-corrected chi connectivity index (χ0v) is 13.9. The van der Waals surface area contributed by atoms with E-state index in [1.165, 1.54) is 0 Å². The Labute approximate surface area is 131 Å². The summed E-state index contributed by atoms with van der Waals surface area (Å²) in [6.07, 6.45) is 0.369. The zero-order chi connectivity index (χ0) is 16.0. The highest BCUT2D eigenvalue weighted by atomic mass is 35.5. The number of hydrogen-bond donors (Lipinski definition) is 3. The van der Waals surface area contributed by atoms with Crippen molar-refractivity contribution in [2.24, 2.45) is 5.92 Å². The van der Waals surface area contributed by atoms with E-state index in [1.807, 2.05) is 39.8 Å². The molecule has 4 nitrogen and oxygen atoms in total. The number of hydrogen-bond acceptors (Lipinski definition) is 3. The highest BCUT2D eigenvalue weighted by Gasteiger charge is 2.16. The highest BCUT2D eigenvalue weighted by Crippen LogP contribution is 2.20. The Bertz CT molecular complexity index is 479. The number of amides is 1. The Morgan fingerprint density at radius 2 is 2.00 bits per heavy atom. The van der Waals surface area contributed by atoms with Gasteiger partial charge in [0.1, 0.15) is 0 Å². The minimum absolute atomic E-state index is 0.0370. The molecule has 0 aliphatic carbocycles. The van der Waals surface area contributed by atoms with Crippen LogP contribution in [0.25, 0.3) is 0 Å². The first-order valence-corrected chi connectivity index (χ1v) is 7.64. The Hall–Kier alpha value is -1.10. The number of benzene rings is 1. The molecule has 3 atom stereocenters. The maximum Gasteiger partial charge on any atom is 0.225 e. The van der Waals surface area contributed by atoms with Crippen molar-refractivity contribution in [2.45, 2.75) is 46.2 Å². The topological polar surface area (TPSA) is 61.4 Å². The van der Waals surface area contributed by atoms with E-state index in [2.05, 4.69) is 10.6 Å². The van der Waals surface area contributed by atoms with Crippen molar-refractivity contribution in [1.82, 2.24) is 5.32 Å². The second-order valence-electron chi connectivity index (χ2n) is 5.73. The Kier molecular flexibility index (Phi) is 7.15. The largest absolute Gasteiger partial charge is 0.396 e. The molecule has 5 heteroatoms. The minimum Gasteiger partial charge on any atom is -0.396 e. The molecule has 1 aromatic rings. The van der Waals surface area contributed by atoms with Gasteiger partial charge in [-0.25, -0.2) is 0 Å². The quantitative estimate of drug-likeness (QED) is 0.725. The molecule has 1 amide bonds. The van der Waals surface area contributed by atoms with Crippen LogP contribution in [0.2, 0.25) is 5.02 Å². The van der Waals surface area contributed by atoms with Gasteiger partial charge in [-0.2, -0.15) is 0 Å². The maximum atomic E-state index is 12.0. The van der Waals surface area contributed by atoms with E-state index in [0.29, 0.717) is 17.1 Å². The number of anilines is 1. The molecule has 0 aliphatic heterocycles. The van der Waals surface area contributed by atoms with Crippen molar-refractivity contribution in [1.29, 1.82) is 0 Å². The first-order chi connectivity index (χ1) is 9.83. The van der Waals surface area contributed by atoms with E-state index in [-0.39, 0.29) is 30.5 Å². The van der Waals surface area contributed by atoms with Crippen LogP contribution in [0.15, 0.2) is 18.2 Å². The van der Waals surface area contributed by atoms with Crippen molar-refractivity contribution in [3.8, 4) is 0 Å². The molecule has 0 radical (unpaired) electrons. The Balaban J connectivity index is 2.47. The predicted octanol–water partition coefficient (Wildman–Crippen LogP) is 2.97. The number of aryl methyl sites for hydroxylation is 1. The second-order valence-corrected chi connectivity index (χ2v) is 6.14. The lowest BCUT2D eigenvalue weighted by Gasteiger charge is -2.23. The Morgan fingerprint density at radius 1 is 1.33 bits per heavy atom. The molecule has 0 aromatic heterocycles. The van der Waals surface area contributed by atoms with Crippen LogP contribution in [0.4, 0.5) is 5.69 Å². The molecule has 0 saturated heterocycles. The zero-order valence-electron chi connectivity index (χ0n) is 13.1. The molecule has 3 unspecified atom stereocenters. The summed E-state index contributed by atoms with van der Waals surface area (Å²) in [5.41, 5.74) is 1.69. The van der Waals surface area contributed by atoms with Crippen LogP contribution in [0, 0.1) is 12.8 Å². The van der Waals surface area contributed by atoms with Crippen molar-refractivity contribution in [3.05, 3.63) is 28.8 Å². The molecular weight excluding hydrogens is 288 g/mol. The van der Waals surface area contributed by atoms with Crippen LogP contribution in [0.3, 0.4) is 0 Å². The summed E-state index contributed by atoms with van der Waals surface area (Å²) in [6.45, 7) is 7.99. The fourth-order valence-electron chi connectivity index (χ4n) is 1.99. The van der Waals surface area contributed by atoms with Gasteiger partial charge in [-0.1, -0.05) is 24.6 Å². The van der Waals surface area contributed by atoms with Gasteiger partial charge in [0.2, 0.25) is 5.91 Å². The van der Waals surface area contributed by atoms with Crippen molar-refractivity contribution in [2.75, 3.05) is 11.9 Å². The monoisotopic (exact) mass is 312 g/mol. The van der Waals surface area contributed by atoms with E-state index >= 15 is 0 Å². The molecule has 0 spiro atoms. The van der Waals surface area contributed by atoms with Crippen molar-refractivity contribution < 1.29 is 9.90 Å². The molecule has 0 heterocycles. The average molecular weight is 313 g/mol. The van der Waals surface area contributed by atoms with Crippen LogP contribution < -0.4 is 10.6 Å². The molecular formula is C16H25ClN2O2. The van der Waals surface area contributed by atoms with Gasteiger partial charge >= 0.3 is 0 Å². The van der Waals surface area contributed by atoms with Crippen LogP contribution in [0.1, 0.15) is 32.8 Å². The summed E-state index contributed by atoms with van der Waals surface area (Å²) in [4.78, 5) is 12.0. The summed E-state index contributed by atoms with van der Waals surface area (Å²) >= 11 is 6.04. The van der Waals surface area contributed by atoms with Gasteiger partial charge in [0, 0.05) is 35.8 Å². The van der Waals surface area contributed by atoms with Gasteiger partial charge in [-0.3, -0.25) is 4.79 Å². The van der Waals surface area contributed by atoms with Crippen LogP contribution in [-0.2, 0) is 4.79 Å². The number of aliphatic hydroxyl groups excluding tert-OH is 1. The number of carbonyl (C=O) groups is 1. The van der Waals surface area contributed by atoms with E-state index in [0.717, 1.165) is 5.56 Å².